The van der Waals surface area contributed by atoms with E-state index in [1.54, 1.807) is 24.3 Å². The Balaban J connectivity index is 2.22. The van der Waals surface area contributed by atoms with Gasteiger partial charge in [-0.2, -0.15) is 0 Å². The summed E-state index contributed by atoms with van der Waals surface area (Å²) in [5.41, 5.74) is 8.14. The van der Waals surface area contributed by atoms with Crippen molar-refractivity contribution in [2.75, 3.05) is 12.8 Å². The normalized spacial score (nSPS) is 12.2. The smallest absolute Gasteiger partial charge is 0.257 e. The van der Waals surface area contributed by atoms with Crippen molar-refractivity contribution in [3.8, 4) is 0 Å². The molecule has 1 aromatic carbocycles. The van der Waals surface area contributed by atoms with Crippen LogP contribution in [0.4, 0.5) is 5.69 Å². The Morgan fingerprint density at radius 1 is 1.40 bits per heavy atom. The van der Waals surface area contributed by atoms with Gasteiger partial charge in [-0.3, -0.25) is 4.79 Å². The van der Waals surface area contributed by atoms with Crippen LogP contribution in [-0.4, -0.2) is 17.9 Å². The van der Waals surface area contributed by atoms with Gasteiger partial charge in [0, 0.05) is 19.2 Å². The maximum absolute atomic E-state index is 12.5. The molecule has 4 nitrogen and oxygen atoms in total. The first-order chi connectivity index (χ1) is 9.54. The maximum atomic E-state index is 12.5. The van der Waals surface area contributed by atoms with E-state index in [9.17, 15) is 4.79 Å². The molecule has 2 aromatic rings. The molecule has 0 spiro atoms. The molecule has 1 aromatic heterocycles. The summed E-state index contributed by atoms with van der Waals surface area (Å²) < 4.78 is 5.32. The van der Waals surface area contributed by atoms with Crippen molar-refractivity contribution in [2.24, 2.45) is 0 Å². The van der Waals surface area contributed by atoms with E-state index in [1.807, 2.05) is 38.1 Å². The average molecular weight is 272 g/mol. The second-order valence-electron chi connectivity index (χ2n) is 4.87. The summed E-state index contributed by atoms with van der Waals surface area (Å²) in [5, 5.41) is 0. The monoisotopic (exact) mass is 272 g/mol. The molecule has 0 fully saturated rings. The van der Waals surface area contributed by atoms with Gasteiger partial charge in [0.2, 0.25) is 0 Å². The van der Waals surface area contributed by atoms with Gasteiger partial charge in [-0.1, -0.05) is 19.1 Å². The van der Waals surface area contributed by atoms with Crippen LogP contribution in [0.15, 0.2) is 41.0 Å². The lowest BCUT2D eigenvalue weighted by Gasteiger charge is -2.25. The van der Waals surface area contributed by atoms with E-state index in [1.165, 1.54) is 0 Å². The molecule has 0 saturated heterocycles. The van der Waals surface area contributed by atoms with Crippen LogP contribution in [0.25, 0.3) is 0 Å². The van der Waals surface area contributed by atoms with Crippen LogP contribution < -0.4 is 5.73 Å². The van der Waals surface area contributed by atoms with Crippen molar-refractivity contribution >= 4 is 11.6 Å². The highest BCUT2D eigenvalue weighted by Crippen LogP contribution is 2.23. The predicted molar refractivity (Wildman–Crippen MR) is 79.4 cm³/mol. The predicted octanol–water partition coefficient (Wildman–Crippen LogP) is 3.26. The first-order valence-electron chi connectivity index (χ1n) is 6.73. The summed E-state index contributed by atoms with van der Waals surface area (Å²) in [4.78, 5) is 14.2. The van der Waals surface area contributed by atoms with E-state index in [2.05, 4.69) is 0 Å². The molecule has 20 heavy (non-hydrogen) atoms. The van der Waals surface area contributed by atoms with Crippen molar-refractivity contribution in [1.82, 2.24) is 4.90 Å². The molecule has 1 heterocycles. The Bertz CT molecular complexity index is 604. The molecular formula is C16H20N2O2. The largest absolute Gasteiger partial charge is 0.469 e. The summed E-state index contributed by atoms with van der Waals surface area (Å²) in [5.74, 6) is 0.687. The van der Waals surface area contributed by atoms with Crippen LogP contribution in [-0.2, 0) is 6.42 Å². The molecule has 2 rings (SSSR count). The van der Waals surface area contributed by atoms with Gasteiger partial charge in [0.15, 0.2) is 0 Å². The highest BCUT2D eigenvalue weighted by molar-refractivity contribution is 5.95. The molecule has 0 aliphatic carbocycles. The molecule has 0 radical (unpaired) electrons. The fourth-order valence-electron chi connectivity index (χ4n) is 2.21. The molecule has 1 atom stereocenters. The Kier molecular flexibility index (Phi) is 4.13. The quantitative estimate of drug-likeness (QED) is 0.869. The van der Waals surface area contributed by atoms with Gasteiger partial charge >= 0.3 is 0 Å². The van der Waals surface area contributed by atoms with E-state index >= 15 is 0 Å². The second kappa shape index (κ2) is 5.82. The van der Waals surface area contributed by atoms with Crippen molar-refractivity contribution in [3.05, 3.63) is 53.5 Å². The summed E-state index contributed by atoms with van der Waals surface area (Å²) in [6.07, 6.45) is 2.26. The minimum atomic E-state index is -0.0504. The van der Waals surface area contributed by atoms with Gasteiger partial charge in [0.25, 0.3) is 5.91 Å². The number of anilines is 1. The third-order valence-electron chi connectivity index (χ3n) is 3.59. The van der Waals surface area contributed by atoms with E-state index in [4.69, 9.17) is 10.2 Å². The van der Waals surface area contributed by atoms with Gasteiger partial charge in [-0.05, 0) is 30.7 Å². The van der Waals surface area contributed by atoms with E-state index in [0.717, 1.165) is 11.3 Å². The van der Waals surface area contributed by atoms with Crippen LogP contribution in [0.3, 0.4) is 0 Å². The molecule has 0 saturated carbocycles. The average Bonchev–Trinajstić information content (AvgIpc) is 2.93. The summed E-state index contributed by atoms with van der Waals surface area (Å²) in [6, 6.07) is 9.28. The molecule has 0 aliphatic rings. The lowest BCUT2D eigenvalue weighted by atomic mass is 10.1. The Labute approximate surface area is 119 Å². The number of carbonyl (C=O) groups is 1. The number of benzene rings is 1. The lowest BCUT2D eigenvalue weighted by Crippen LogP contribution is -2.30. The third kappa shape index (κ3) is 2.69. The number of nitrogen functional groups attached to an aromatic ring is 1. The molecule has 0 aliphatic heterocycles. The Morgan fingerprint density at radius 3 is 2.80 bits per heavy atom. The highest BCUT2D eigenvalue weighted by Gasteiger charge is 2.22. The Hall–Kier alpha value is -2.23. The number of nitrogens with two attached hydrogens (primary N) is 1. The minimum Gasteiger partial charge on any atom is -0.469 e. The maximum Gasteiger partial charge on any atom is 0.257 e. The molecule has 1 unspecified atom stereocenters. The Morgan fingerprint density at radius 2 is 2.15 bits per heavy atom. The van der Waals surface area contributed by atoms with Crippen molar-refractivity contribution in [2.45, 2.75) is 26.3 Å². The molecular weight excluding hydrogens is 252 g/mol. The van der Waals surface area contributed by atoms with Crippen molar-refractivity contribution in [3.63, 3.8) is 0 Å². The number of hydrogen-bond donors (Lipinski definition) is 1. The van der Waals surface area contributed by atoms with Crippen LogP contribution in [0.5, 0.6) is 0 Å². The molecule has 0 bridgehead atoms. The van der Waals surface area contributed by atoms with Crippen molar-refractivity contribution in [1.29, 1.82) is 0 Å². The minimum absolute atomic E-state index is 0.0366. The molecule has 4 heteroatoms. The van der Waals surface area contributed by atoms with Crippen molar-refractivity contribution < 1.29 is 9.21 Å². The number of nitrogens with zero attached hydrogens (tertiary/aromatic N) is 1. The highest BCUT2D eigenvalue weighted by atomic mass is 16.3. The zero-order valence-electron chi connectivity index (χ0n) is 12.1. The molecule has 2 N–H and O–H groups in total. The number of amides is 1. The summed E-state index contributed by atoms with van der Waals surface area (Å²) >= 11 is 0. The standard InChI is InChI=1S/C16H20N2O2/c1-4-15-14(8-9-20-15)16(19)18(3)11(2)12-6-5-7-13(17)10-12/h5-11H,4,17H2,1-3H3. The van der Waals surface area contributed by atoms with Gasteiger partial charge in [0.05, 0.1) is 17.9 Å². The first kappa shape index (κ1) is 14.2. The molecule has 106 valence electrons. The number of rotatable bonds is 4. The van der Waals surface area contributed by atoms with Gasteiger partial charge in [-0.15, -0.1) is 0 Å². The van der Waals surface area contributed by atoms with Crippen LogP contribution in [0.2, 0.25) is 0 Å². The topological polar surface area (TPSA) is 59.5 Å². The fraction of sp³-hybridized carbons (Fsp3) is 0.312. The van der Waals surface area contributed by atoms with Crippen LogP contribution in [0.1, 0.15) is 41.6 Å². The zero-order valence-corrected chi connectivity index (χ0v) is 12.1. The summed E-state index contributed by atoms with van der Waals surface area (Å²) in [7, 11) is 1.79. The van der Waals surface area contributed by atoms with E-state index < -0.39 is 0 Å². The SMILES string of the molecule is CCc1occc1C(=O)N(C)C(C)c1cccc(N)c1. The number of furan rings is 1. The number of hydrogen-bond acceptors (Lipinski definition) is 3. The van der Waals surface area contributed by atoms with E-state index in [-0.39, 0.29) is 11.9 Å². The third-order valence-corrected chi connectivity index (χ3v) is 3.59. The first-order valence-corrected chi connectivity index (χ1v) is 6.73. The van der Waals surface area contributed by atoms with Crippen LogP contribution >= 0.6 is 0 Å². The van der Waals surface area contributed by atoms with E-state index in [0.29, 0.717) is 17.7 Å². The molecule has 1 amide bonds. The summed E-state index contributed by atoms with van der Waals surface area (Å²) in [6.45, 7) is 3.95. The number of aryl methyl sites for hydroxylation is 1. The zero-order chi connectivity index (χ0) is 14.7. The van der Waals surface area contributed by atoms with Crippen LogP contribution in [0, 0.1) is 0 Å². The lowest BCUT2D eigenvalue weighted by molar-refractivity contribution is 0.0740. The van der Waals surface area contributed by atoms with Gasteiger partial charge < -0.3 is 15.1 Å². The number of carbonyl (C=O) groups excluding carboxylic acids is 1. The van der Waals surface area contributed by atoms with Gasteiger partial charge in [-0.25, -0.2) is 0 Å². The van der Waals surface area contributed by atoms with Gasteiger partial charge in [0.1, 0.15) is 5.76 Å². The fourth-order valence-corrected chi connectivity index (χ4v) is 2.21. The second-order valence-corrected chi connectivity index (χ2v) is 4.87.